The summed E-state index contributed by atoms with van der Waals surface area (Å²) in [6.45, 7) is 6.68. The molecule has 0 aromatic rings. The molecule has 4 aliphatic rings. The fourth-order valence-electron chi connectivity index (χ4n) is 4.83. The maximum Gasteiger partial charge on any atom is 0.226 e. The molecular weight excluding hydrogens is 274 g/mol. The smallest absolute Gasteiger partial charge is 0.226 e. The number of rotatable bonds is 5. The van der Waals surface area contributed by atoms with Gasteiger partial charge in [-0.1, -0.05) is 0 Å². The van der Waals surface area contributed by atoms with Crippen LogP contribution in [0.1, 0.15) is 38.5 Å². The first-order valence-electron chi connectivity index (χ1n) is 9.34. The van der Waals surface area contributed by atoms with Gasteiger partial charge in [0.05, 0.1) is 0 Å². The van der Waals surface area contributed by atoms with Crippen LogP contribution in [-0.2, 0) is 4.79 Å². The second kappa shape index (κ2) is 5.79. The van der Waals surface area contributed by atoms with Crippen molar-refractivity contribution in [3.63, 3.8) is 0 Å². The predicted octanol–water partition coefficient (Wildman–Crippen LogP) is 1.57. The fraction of sp³-hybridized carbons (Fsp3) is 0.944. The van der Waals surface area contributed by atoms with Crippen molar-refractivity contribution < 1.29 is 4.79 Å². The van der Waals surface area contributed by atoms with Crippen molar-refractivity contribution in [2.24, 2.45) is 23.2 Å². The van der Waals surface area contributed by atoms with E-state index in [2.05, 4.69) is 22.2 Å². The number of likely N-dealkylation sites (tertiary alicyclic amines) is 1. The minimum absolute atomic E-state index is 0.359. The highest BCUT2D eigenvalue weighted by Gasteiger charge is 2.58. The summed E-state index contributed by atoms with van der Waals surface area (Å²) in [5, 5.41) is 3.43. The van der Waals surface area contributed by atoms with Crippen molar-refractivity contribution >= 4 is 5.91 Å². The first kappa shape index (κ1) is 14.9. The largest absolute Gasteiger partial charge is 0.342 e. The van der Waals surface area contributed by atoms with Crippen LogP contribution in [0, 0.1) is 23.2 Å². The van der Waals surface area contributed by atoms with E-state index in [1.54, 1.807) is 0 Å². The highest BCUT2D eigenvalue weighted by molar-refractivity contribution is 5.83. The van der Waals surface area contributed by atoms with Crippen molar-refractivity contribution in [1.29, 1.82) is 0 Å². The molecule has 0 aromatic carbocycles. The zero-order valence-corrected chi connectivity index (χ0v) is 14.0. The number of piperidine rings is 1. The lowest BCUT2D eigenvalue weighted by Gasteiger charge is -2.25. The number of hydrogen-bond acceptors (Lipinski definition) is 3. The Labute approximate surface area is 134 Å². The summed E-state index contributed by atoms with van der Waals surface area (Å²) in [6, 6.07) is 0. The van der Waals surface area contributed by atoms with E-state index in [9.17, 15) is 4.79 Å². The van der Waals surface area contributed by atoms with Crippen molar-refractivity contribution in [3.05, 3.63) is 0 Å². The summed E-state index contributed by atoms with van der Waals surface area (Å²) < 4.78 is 0. The highest BCUT2D eigenvalue weighted by Crippen LogP contribution is 2.59. The molecule has 1 spiro atoms. The van der Waals surface area contributed by atoms with Crippen LogP contribution in [0.25, 0.3) is 0 Å². The van der Waals surface area contributed by atoms with E-state index in [4.69, 9.17) is 0 Å². The minimum Gasteiger partial charge on any atom is -0.342 e. The Kier molecular flexibility index (Phi) is 3.93. The zero-order chi connectivity index (χ0) is 15.2. The average molecular weight is 305 g/mol. The molecule has 2 saturated carbocycles. The summed E-state index contributed by atoms with van der Waals surface area (Å²) in [5.74, 6) is 2.51. The van der Waals surface area contributed by atoms with Crippen LogP contribution in [0.2, 0.25) is 0 Å². The second-order valence-corrected chi connectivity index (χ2v) is 8.47. The molecule has 0 radical (unpaired) electrons. The maximum atomic E-state index is 12.8. The predicted molar refractivity (Wildman–Crippen MR) is 87.6 cm³/mol. The number of carbonyl (C=O) groups excluding carboxylic acids is 1. The molecule has 2 aliphatic carbocycles. The van der Waals surface area contributed by atoms with E-state index in [1.165, 1.54) is 45.2 Å². The number of nitrogens with one attached hydrogen (secondary N) is 1. The Bertz CT molecular complexity index is 428. The van der Waals surface area contributed by atoms with Gasteiger partial charge in [-0.15, -0.1) is 0 Å². The SMILES string of the molecule is CN(CC1CC1)CC1CCN(C(=O)C2CC23CCNCC3)C1. The molecule has 124 valence electrons. The molecule has 2 unspecified atom stereocenters. The lowest BCUT2D eigenvalue weighted by molar-refractivity contribution is -0.132. The summed E-state index contributed by atoms with van der Waals surface area (Å²) in [6.07, 6.45) is 7.66. The van der Waals surface area contributed by atoms with Crippen molar-refractivity contribution in [1.82, 2.24) is 15.1 Å². The molecule has 4 fully saturated rings. The number of hydrogen-bond donors (Lipinski definition) is 1. The minimum atomic E-state index is 0.359. The van der Waals surface area contributed by atoms with Gasteiger partial charge in [0.2, 0.25) is 5.91 Å². The molecule has 22 heavy (non-hydrogen) atoms. The lowest BCUT2D eigenvalue weighted by atomic mass is 9.91. The first-order chi connectivity index (χ1) is 10.7. The monoisotopic (exact) mass is 305 g/mol. The van der Waals surface area contributed by atoms with Gasteiger partial charge < -0.3 is 15.1 Å². The Balaban J connectivity index is 1.25. The van der Waals surface area contributed by atoms with Crippen LogP contribution >= 0.6 is 0 Å². The molecule has 4 heteroatoms. The van der Waals surface area contributed by atoms with E-state index >= 15 is 0 Å². The molecule has 2 atom stereocenters. The fourth-order valence-corrected chi connectivity index (χ4v) is 4.83. The third-order valence-electron chi connectivity index (χ3n) is 6.52. The topological polar surface area (TPSA) is 35.6 Å². The summed E-state index contributed by atoms with van der Waals surface area (Å²) >= 11 is 0. The lowest BCUT2D eigenvalue weighted by Crippen LogP contribution is -2.36. The van der Waals surface area contributed by atoms with E-state index in [1.807, 2.05) is 0 Å². The summed E-state index contributed by atoms with van der Waals surface area (Å²) in [4.78, 5) is 17.5. The number of amides is 1. The third kappa shape index (κ3) is 3.05. The van der Waals surface area contributed by atoms with Gasteiger partial charge in [0.15, 0.2) is 0 Å². The third-order valence-corrected chi connectivity index (χ3v) is 6.52. The standard InChI is InChI=1S/C18H31N3O/c1-20(11-14-2-3-14)12-15-4-9-21(13-15)17(22)16-10-18(16)5-7-19-8-6-18/h14-16,19H,2-13H2,1H3. The molecule has 4 rings (SSSR count). The molecule has 0 bridgehead atoms. The highest BCUT2D eigenvalue weighted by atomic mass is 16.2. The van der Waals surface area contributed by atoms with Crippen LogP contribution in [-0.4, -0.2) is 62.0 Å². The van der Waals surface area contributed by atoms with Crippen LogP contribution in [0.4, 0.5) is 0 Å². The van der Waals surface area contributed by atoms with Crippen LogP contribution in [0.3, 0.4) is 0 Å². The molecule has 2 saturated heterocycles. The second-order valence-electron chi connectivity index (χ2n) is 8.47. The van der Waals surface area contributed by atoms with Gasteiger partial charge in [-0.25, -0.2) is 0 Å². The number of carbonyl (C=O) groups is 1. The van der Waals surface area contributed by atoms with E-state index in [0.717, 1.165) is 38.5 Å². The Morgan fingerprint density at radius 2 is 1.91 bits per heavy atom. The number of nitrogens with zero attached hydrogens (tertiary/aromatic N) is 2. The first-order valence-corrected chi connectivity index (χ1v) is 9.34. The Morgan fingerprint density at radius 1 is 1.18 bits per heavy atom. The average Bonchev–Trinajstić information content (AvgIpc) is 3.39. The Hall–Kier alpha value is -0.610. The van der Waals surface area contributed by atoms with Gasteiger partial charge in [-0.05, 0) is 75.9 Å². The Morgan fingerprint density at radius 3 is 2.64 bits per heavy atom. The van der Waals surface area contributed by atoms with Gasteiger partial charge in [0.1, 0.15) is 0 Å². The van der Waals surface area contributed by atoms with Crippen molar-refractivity contribution in [3.8, 4) is 0 Å². The summed E-state index contributed by atoms with van der Waals surface area (Å²) in [7, 11) is 2.26. The molecule has 0 aromatic heterocycles. The van der Waals surface area contributed by atoms with Crippen molar-refractivity contribution in [2.75, 3.05) is 46.3 Å². The van der Waals surface area contributed by atoms with E-state index < -0.39 is 0 Å². The molecule has 4 nitrogen and oxygen atoms in total. The van der Waals surface area contributed by atoms with Crippen LogP contribution in [0.15, 0.2) is 0 Å². The normalized spacial score (nSPS) is 33.6. The summed E-state index contributed by atoms with van der Waals surface area (Å²) in [5.41, 5.74) is 0.392. The van der Waals surface area contributed by atoms with Crippen LogP contribution in [0.5, 0.6) is 0 Å². The van der Waals surface area contributed by atoms with Gasteiger partial charge in [0.25, 0.3) is 0 Å². The van der Waals surface area contributed by atoms with Crippen molar-refractivity contribution in [2.45, 2.75) is 38.5 Å². The van der Waals surface area contributed by atoms with E-state index in [0.29, 0.717) is 23.2 Å². The molecule has 1 amide bonds. The quantitative estimate of drug-likeness (QED) is 0.837. The van der Waals surface area contributed by atoms with Gasteiger partial charge in [-0.2, -0.15) is 0 Å². The zero-order valence-electron chi connectivity index (χ0n) is 14.0. The molecule has 2 aliphatic heterocycles. The van der Waals surface area contributed by atoms with Crippen LogP contribution < -0.4 is 5.32 Å². The van der Waals surface area contributed by atoms with Gasteiger partial charge in [-0.3, -0.25) is 4.79 Å². The molecule has 2 heterocycles. The molecule has 1 N–H and O–H groups in total. The van der Waals surface area contributed by atoms with Gasteiger partial charge >= 0.3 is 0 Å². The van der Waals surface area contributed by atoms with E-state index in [-0.39, 0.29) is 0 Å². The molecular formula is C18H31N3O. The van der Waals surface area contributed by atoms with Gasteiger partial charge in [0, 0.05) is 32.1 Å². The maximum absolute atomic E-state index is 12.8.